The fourth-order valence-corrected chi connectivity index (χ4v) is 4.11. The Hall–Kier alpha value is -2.29. The topological polar surface area (TPSA) is 86.1 Å². The molecule has 0 aliphatic carbocycles. The van der Waals surface area contributed by atoms with Crippen molar-refractivity contribution in [3.05, 3.63) is 47.9 Å². The number of benzene rings is 1. The van der Waals surface area contributed by atoms with E-state index in [1.54, 1.807) is 19.3 Å². The third kappa shape index (κ3) is 3.00. The number of aromatic nitrogens is 3. The van der Waals surface area contributed by atoms with Crippen LogP contribution in [0.5, 0.6) is 0 Å². The number of rotatable bonds is 4. The molecule has 1 aliphatic heterocycles. The monoisotopic (exact) mass is 372 g/mol. The number of hydrogen-bond acceptors (Lipinski definition) is 5. The summed E-state index contributed by atoms with van der Waals surface area (Å²) in [6.45, 7) is 2.35. The molecule has 1 unspecified atom stereocenters. The molecule has 0 saturated heterocycles. The van der Waals surface area contributed by atoms with E-state index in [1.165, 1.54) is 0 Å². The van der Waals surface area contributed by atoms with Gasteiger partial charge in [-0.3, -0.25) is 9.67 Å². The van der Waals surface area contributed by atoms with Crippen LogP contribution in [-0.4, -0.2) is 35.5 Å². The third-order valence-corrected chi connectivity index (χ3v) is 6.16. The summed E-state index contributed by atoms with van der Waals surface area (Å²) in [6, 6.07) is 5.71. The Balaban J connectivity index is 1.78. The first kappa shape index (κ1) is 17.1. The lowest BCUT2D eigenvalue weighted by atomic mass is 9.93. The first-order valence-electron chi connectivity index (χ1n) is 8.45. The largest absolute Gasteiger partial charge is 0.375 e. The standard InChI is InChI=1S/C18H20N4O3S/c1-3-26(23,24)21-17-11-25-10-16-14(8-19-9-15(16)17)12-4-5-18-13(6-12)7-20-22(18)2/h4-9,17,21H,3,10-11H2,1-2H3. The lowest BCUT2D eigenvalue weighted by molar-refractivity contribution is 0.0884. The fourth-order valence-electron chi connectivity index (χ4n) is 3.31. The van der Waals surface area contributed by atoms with Crippen LogP contribution in [0.2, 0.25) is 0 Å². The molecule has 1 N–H and O–H groups in total. The van der Waals surface area contributed by atoms with E-state index < -0.39 is 16.1 Å². The van der Waals surface area contributed by atoms with E-state index in [0.717, 1.165) is 33.2 Å². The van der Waals surface area contributed by atoms with Gasteiger partial charge in [-0.1, -0.05) is 6.07 Å². The maximum Gasteiger partial charge on any atom is 0.211 e. The molecule has 7 nitrogen and oxygen atoms in total. The molecule has 0 bridgehead atoms. The summed E-state index contributed by atoms with van der Waals surface area (Å²) in [5, 5.41) is 5.32. The minimum Gasteiger partial charge on any atom is -0.375 e. The van der Waals surface area contributed by atoms with Crippen molar-refractivity contribution in [3.63, 3.8) is 0 Å². The second kappa shape index (κ2) is 6.46. The maximum atomic E-state index is 12.0. The summed E-state index contributed by atoms with van der Waals surface area (Å²) in [7, 11) is -1.43. The van der Waals surface area contributed by atoms with Gasteiger partial charge in [0.15, 0.2) is 0 Å². The lowest BCUT2D eigenvalue weighted by Gasteiger charge is -2.27. The van der Waals surface area contributed by atoms with Gasteiger partial charge in [-0.05, 0) is 35.7 Å². The Labute approximate surface area is 152 Å². The van der Waals surface area contributed by atoms with Crippen molar-refractivity contribution in [1.29, 1.82) is 0 Å². The number of nitrogens with zero attached hydrogens (tertiary/aromatic N) is 3. The van der Waals surface area contributed by atoms with Gasteiger partial charge in [0.1, 0.15) is 0 Å². The summed E-state index contributed by atoms with van der Waals surface area (Å²) < 4.78 is 34.2. The van der Waals surface area contributed by atoms with Crippen LogP contribution < -0.4 is 4.72 Å². The predicted molar refractivity (Wildman–Crippen MR) is 98.9 cm³/mol. The molecular weight excluding hydrogens is 352 g/mol. The van der Waals surface area contributed by atoms with Crippen LogP contribution >= 0.6 is 0 Å². The van der Waals surface area contributed by atoms with Gasteiger partial charge in [-0.2, -0.15) is 5.10 Å². The van der Waals surface area contributed by atoms with E-state index in [-0.39, 0.29) is 5.75 Å². The molecule has 8 heteroatoms. The number of sulfonamides is 1. The molecule has 1 aliphatic rings. The minimum absolute atomic E-state index is 0.0314. The van der Waals surface area contributed by atoms with E-state index in [0.29, 0.717) is 13.2 Å². The molecule has 2 aromatic heterocycles. The maximum absolute atomic E-state index is 12.0. The number of hydrogen-bond donors (Lipinski definition) is 1. The van der Waals surface area contributed by atoms with Gasteiger partial charge in [0.25, 0.3) is 0 Å². The van der Waals surface area contributed by atoms with Crippen LogP contribution in [0.1, 0.15) is 24.1 Å². The van der Waals surface area contributed by atoms with Crippen LogP contribution in [0.25, 0.3) is 22.0 Å². The molecule has 4 rings (SSSR count). The highest BCUT2D eigenvalue weighted by Crippen LogP contribution is 2.34. The van der Waals surface area contributed by atoms with E-state index in [4.69, 9.17) is 4.74 Å². The van der Waals surface area contributed by atoms with E-state index >= 15 is 0 Å². The normalized spacial score (nSPS) is 17.4. The molecule has 1 aromatic carbocycles. The van der Waals surface area contributed by atoms with Crippen molar-refractivity contribution >= 4 is 20.9 Å². The third-order valence-electron chi connectivity index (χ3n) is 4.76. The van der Waals surface area contributed by atoms with Gasteiger partial charge < -0.3 is 4.74 Å². The molecule has 0 fully saturated rings. The zero-order valence-electron chi connectivity index (χ0n) is 14.6. The Morgan fingerprint density at radius 1 is 1.31 bits per heavy atom. The molecule has 0 radical (unpaired) electrons. The Kier molecular flexibility index (Phi) is 4.26. The molecule has 136 valence electrons. The van der Waals surface area contributed by atoms with E-state index in [1.807, 2.05) is 30.1 Å². The van der Waals surface area contributed by atoms with Crippen molar-refractivity contribution < 1.29 is 13.2 Å². The lowest BCUT2D eigenvalue weighted by Crippen LogP contribution is -2.35. The summed E-state index contributed by atoms with van der Waals surface area (Å²) in [5.41, 5.74) is 4.86. The van der Waals surface area contributed by atoms with Gasteiger partial charge in [0.05, 0.1) is 36.7 Å². The smallest absolute Gasteiger partial charge is 0.211 e. The highest BCUT2D eigenvalue weighted by molar-refractivity contribution is 7.89. The van der Waals surface area contributed by atoms with Gasteiger partial charge >= 0.3 is 0 Å². The molecule has 0 saturated carbocycles. The molecular formula is C18H20N4O3S. The average molecular weight is 372 g/mol. The van der Waals surface area contributed by atoms with Crippen LogP contribution in [0.15, 0.2) is 36.8 Å². The van der Waals surface area contributed by atoms with Crippen LogP contribution in [0.3, 0.4) is 0 Å². The van der Waals surface area contributed by atoms with Crippen molar-refractivity contribution in [2.24, 2.45) is 7.05 Å². The quantitative estimate of drug-likeness (QED) is 0.758. The Bertz CT molecular complexity index is 1080. The van der Waals surface area contributed by atoms with Gasteiger partial charge in [0.2, 0.25) is 10.0 Å². The number of ether oxygens (including phenoxy) is 1. The summed E-state index contributed by atoms with van der Waals surface area (Å²) in [6.07, 6.45) is 5.36. The van der Waals surface area contributed by atoms with Gasteiger partial charge in [0, 0.05) is 30.4 Å². The molecule has 26 heavy (non-hydrogen) atoms. The predicted octanol–water partition coefficient (Wildman–Crippen LogP) is 2.15. The fraction of sp³-hybridized carbons (Fsp3) is 0.333. The van der Waals surface area contributed by atoms with Crippen molar-refractivity contribution in [3.8, 4) is 11.1 Å². The minimum atomic E-state index is -3.33. The average Bonchev–Trinajstić information content (AvgIpc) is 3.02. The zero-order valence-corrected chi connectivity index (χ0v) is 15.5. The van der Waals surface area contributed by atoms with Crippen molar-refractivity contribution in [2.45, 2.75) is 19.6 Å². The number of pyridine rings is 1. The molecule has 0 spiro atoms. The highest BCUT2D eigenvalue weighted by atomic mass is 32.2. The van der Waals surface area contributed by atoms with Gasteiger partial charge in [-0.15, -0.1) is 0 Å². The Morgan fingerprint density at radius 2 is 2.15 bits per heavy atom. The van der Waals surface area contributed by atoms with Crippen LogP contribution in [0, 0.1) is 0 Å². The van der Waals surface area contributed by atoms with Crippen LogP contribution in [-0.2, 0) is 28.4 Å². The molecule has 1 atom stereocenters. The Morgan fingerprint density at radius 3 is 2.96 bits per heavy atom. The van der Waals surface area contributed by atoms with Crippen molar-refractivity contribution in [2.75, 3.05) is 12.4 Å². The second-order valence-electron chi connectivity index (χ2n) is 6.39. The molecule has 0 amide bonds. The van der Waals surface area contributed by atoms with Gasteiger partial charge in [-0.25, -0.2) is 13.1 Å². The molecule has 3 aromatic rings. The van der Waals surface area contributed by atoms with Crippen LogP contribution in [0.4, 0.5) is 0 Å². The summed E-state index contributed by atoms with van der Waals surface area (Å²) >= 11 is 0. The number of nitrogens with one attached hydrogen (secondary N) is 1. The summed E-state index contributed by atoms with van der Waals surface area (Å²) in [5.74, 6) is 0.0314. The number of aryl methyl sites for hydroxylation is 1. The zero-order chi connectivity index (χ0) is 18.3. The molecule has 3 heterocycles. The van der Waals surface area contributed by atoms with E-state index in [2.05, 4.69) is 20.9 Å². The van der Waals surface area contributed by atoms with Crippen molar-refractivity contribution in [1.82, 2.24) is 19.5 Å². The first-order chi connectivity index (χ1) is 12.5. The number of fused-ring (bicyclic) bond motifs is 2. The SMILES string of the molecule is CCS(=O)(=O)NC1COCc2c(-c3ccc4c(cnn4C)c3)cncc21. The summed E-state index contributed by atoms with van der Waals surface area (Å²) in [4.78, 5) is 4.35. The highest BCUT2D eigenvalue weighted by Gasteiger charge is 2.27. The van der Waals surface area contributed by atoms with E-state index in [9.17, 15) is 8.42 Å². The second-order valence-corrected chi connectivity index (χ2v) is 8.43. The first-order valence-corrected chi connectivity index (χ1v) is 10.1.